The molecule has 0 radical (unpaired) electrons. The fourth-order valence-corrected chi connectivity index (χ4v) is 2.98. The van der Waals surface area contributed by atoms with Crippen molar-refractivity contribution in [3.8, 4) is 0 Å². The second-order valence-corrected chi connectivity index (χ2v) is 5.58. The molecular formula is C17H21N3. The first-order chi connectivity index (χ1) is 9.81. The van der Waals surface area contributed by atoms with Crippen LogP contribution in [0.4, 0.5) is 5.69 Å². The number of rotatable bonds is 3. The third-order valence-corrected chi connectivity index (χ3v) is 4.13. The summed E-state index contributed by atoms with van der Waals surface area (Å²) in [6.45, 7) is 3.34. The van der Waals surface area contributed by atoms with Gasteiger partial charge in [-0.05, 0) is 67.2 Å². The van der Waals surface area contributed by atoms with Crippen LogP contribution < -0.4 is 5.73 Å². The van der Waals surface area contributed by atoms with E-state index in [1.54, 1.807) is 0 Å². The van der Waals surface area contributed by atoms with Crippen molar-refractivity contribution in [2.75, 3.05) is 18.8 Å². The Morgan fingerprint density at radius 3 is 2.55 bits per heavy atom. The van der Waals surface area contributed by atoms with E-state index in [-0.39, 0.29) is 0 Å². The van der Waals surface area contributed by atoms with E-state index in [4.69, 9.17) is 5.73 Å². The summed E-state index contributed by atoms with van der Waals surface area (Å²) >= 11 is 0. The number of pyridine rings is 1. The molecule has 20 heavy (non-hydrogen) atoms. The van der Waals surface area contributed by atoms with Crippen LogP contribution in [0, 0.1) is 0 Å². The van der Waals surface area contributed by atoms with Crippen molar-refractivity contribution in [1.82, 2.24) is 9.88 Å². The van der Waals surface area contributed by atoms with E-state index in [2.05, 4.69) is 40.2 Å². The van der Waals surface area contributed by atoms with Crippen molar-refractivity contribution < 1.29 is 0 Å². The molecule has 2 aromatic rings. The monoisotopic (exact) mass is 267 g/mol. The van der Waals surface area contributed by atoms with Crippen molar-refractivity contribution in [2.24, 2.45) is 0 Å². The van der Waals surface area contributed by atoms with E-state index in [1.165, 1.54) is 24.0 Å². The Bertz CT molecular complexity index is 545. The van der Waals surface area contributed by atoms with Gasteiger partial charge in [-0.3, -0.25) is 9.88 Å². The van der Waals surface area contributed by atoms with Crippen LogP contribution in [0.5, 0.6) is 0 Å². The Labute approximate surface area is 120 Å². The predicted octanol–water partition coefficient (Wildman–Crippen LogP) is 3.04. The third-order valence-electron chi connectivity index (χ3n) is 4.13. The van der Waals surface area contributed by atoms with Crippen LogP contribution in [0.15, 0.2) is 48.8 Å². The number of piperidine rings is 1. The van der Waals surface area contributed by atoms with Gasteiger partial charge in [0.05, 0.1) is 0 Å². The molecule has 0 unspecified atom stereocenters. The molecule has 2 heterocycles. The van der Waals surface area contributed by atoms with Gasteiger partial charge < -0.3 is 5.73 Å². The van der Waals surface area contributed by atoms with Crippen LogP contribution in [-0.2, 0) is 6.54 Å². The molecule has 0 aliphatic carbocycles. The van der Waals surface area contributed by atoms with Gasteiger partial charge in [0.15, 0.2) is 0 Å². The average molecular weight is 267 g/mol. The zero-order valence-corrected chi connectivity index (χ0v) is 11.7. The molecule has 0 saturated carbocycles. The second-order valence-electron chi connectivity index (χ2n) is 5.58. The standard InChI is InChI=1S/C17H21N3/c18-17-3-1-2-16(12-17)15-6-10-20(11-7-15)13-14-4-8-19-9-5-14/h1-5,8-9,12,15H,6-7,10-11,13,18H2. The van der Waals surface area contributed by atoms with Crippen LogP contribution >= 0.6 is 0 Å². The van der Waals surface area contributed by atoms with E-state index in [0.717, 1.165) is 25.3 Å². The molecule has 0 amide bonds. The Balaban J connectivity index is 1.57. The molecule has 1 aromatic heterocycles. The Kier molecular flexibility index (Phi) is 3.97. The smallest absolute Gasteiger partial charge is 0.0316 e. The van der Waals surface area contributed by atoms with Crippen molar-refractivity contribution in [2.45, 2.75) is 25.3 Å². The molecule has 0 bridgehead atoms. The zero-order valence-electron chi connectivity index (χ0n) is 11.7. The van der Waals surface area contributed by atoms with E-state index in [0.29, 0.717) is 5.92 Å². The van der Waals surface area contributed by atoms with Crippen molar-refractivity contribution in [3.05, 3.63) is 59.9 Å². The highest BCUT2D eigenvalue weighted by atomic mass is 15.1. The first-order valence-electron chi connectivity index (χ1n) is 7.28. The number of hydrogen-bond donors (Lipinski definition) is 1. The minimum absolute atomic E-state index is 0.659. The van der Waals surface area contributed by atoms with Gasteiger partial charge in [-0.15, -0.1) is 0 Å². The normalized spacial score (nSPS) is 17.2. The lowest BCUT2D eigenvalue weighted by Gasteiger charge is -2.32. The van der Waals surface area contributed by atoms with Gasteiger partial charge >= 0.3 is 0 Å². The summed E-state index contributed by atoms with van der Waals surface area (Å²) in [7, 11) is 0. The summed E-state index contributed by atoms with van der Waals surface area (Å²) in [6.07, 6.45) is 6.17. The van der Waals surface area contributed by atoms with Crippen molar-refractivity contribution in [1.29, 1.82) is 0 Å². The van der Waals surface area contributed by atoms with Crippen molar-refractivity contribution >= 4 is 5.69 Å². The molecule has 0 spiro atoms. The van der Waals surface area contributed by atoms with E-state index < -0.39 is 0 Å². The minimum Gasteiger partial charge on any atom is -0.399 e. The third kappa shape index (κ3) is 3.17. The lowest BCUT2D eigenvalue weighted by Crippen LogP contribution is -2.32. The van der Waals surface area contributed by atoms with Gasteiger partial charge in [-0.25, -0.2) is 0 Å². The number of nitrogens with zero attached hydrogens (tertiary/aromatic N) is 2. The fraction of sp³-hybridized carbons (Fsp3) is 0.353. The van der Waals surface area contributed by atoms with Gasteiger partial charge in [0, 0.05) is 24.6 Å². The molecule has 3 rings (SSSR count). The maximum absolute atomic E-state index is 5.88. The highest BCUT2D eigenvalue weighted by Gasteiger charge is 2.20. The van der Waals surface area contributed by atoms with E-state index in [9.17, 15) is 0 Å². The van der Waals surface area contributed by atoms with Gasteiger partial charge in [-0.2, -0.15) is 0 Å². The summed E-state index contributed by atoms with van der Waals surface area (Å²) < 4.78 is 0. The summed E-state index contributed by atoms with van der Waals surface area (Å²) in [5, 5.41) is 0. The number of hydrogen-bond acceptors (Lipinski definition) is 3. The van der Waals surface area contributed by atoms with Gasteiger partial charge in [0.2, 0.25) is 0 Å². The van der Waals surface area contributed by atoms with Crippen LogP contribution in [0.1, 0.15) is 29.9 Å². The average Bonchev–Trinajstić information content (AvgIpc) is 2.49. The minimum atomic E-state index is 0.659. The highest BCUT2D eigenvalue weighted by Crippen LogP contribution is 2.29. The topological polar surface area (TPSA) is 42.1 Å². The molecule has 1 fully saturated rings. The second kappa shape index (κ2) is 6.06. The maximum Gasteiger partial charge on any atom is 0.0316 e. The summed E-state index contributed by atoms with van der Waals surface area (Å²) in [5.41, 5.74) is 9.50. The predicted molar refractivity (Wildman–Crippen MR) is 82.3 cm³/mol. The van der Waals surface area contributed by atoms with Crippen LogP contribution in [0.25, 0.3) is 0 Å². The number of aromatic nitrogens is 1. The van der Waals surface area contributed by atoms with Gasteiger partial charge in [0.25, 0.3) is 0 Å². The quantitative estimate of drug-likeness (QED) is 0.869. The molecular weight excluding hydrogens is 246 g/mol. The number of likely N-dealkylation sites (tertiary alicyclic amines) is 1. The number of benzene rings is 1. The number of nitrogen functional groups attached to an aromatic ring is 1. The van der Waals surface area contributed by atoms with E-state index >= 15 is 0 Å². The van der Waals surface area contributed by atoms with Gasteiger partial charge in [0.1, 0.15) is 0 Å². The highest BCUT2D eigenvalue weighted by molar-refractivity contribution is 5.41. The maximum atomic E-state index is 5.88. The number of nitrogens with two attached hydrogens (primary N) is 1. The Morgan fingerprint density at radius 1 is 1.10 bits per heavy atom. The Morgan fingerprint density at radius 2 is 1.85 bits per heavy atom. The number of anilines is 1. The molecule has 1 aliphatic rings. The molecule has 1 saturated heterocycles. The van der Waals surface area contributed by atoms with E-state index in [1.807, 2.05) is 18.5 Å². The van der Waals surface area contributed by atoms with Crippen LogP contribution in [0.2, 0.25) is 0 Å². The largest absolute Gasteiger partial charge is 0.399 e. The SMILES string of the molecule is Nc1cccc(C2CCN(Cc3ccncc3)CC2)c1. The molecule has 1 aromatic carbocycles. The van der Waals surface area contributed by atoms with Crippen LogP contribution in [0.3, 0.4) is 0 Å². The molecule has 3 heteroatoms. The first-order valence-corrected chi connectivity index (χ1v) is 7.28. The summed E-state index contributed by atoms with van der Waals surface area (Å²) in [4.78, 5) is 6.59. The lowest BCUT2D eigenvalue weighted by atomic mass is 9.89. The molecule has 0 atom stereocenters. The van der Waals surface area contributed by atoms with Gasteiger partial charge in [-0.1, -0.05) is 12.1 Å². The molecule has 2 N–H and O–H groups in total. The molecule has 3 nitrogen and oxygen atoms in total. The molecule has 104 valence electrons. The van der Waals surface area contributed by atoms with Crippen molar-refractivity contribution in [3.63, 3.8) is 0 Å². The first kappa shape index (κ1) is 13.1. The summed E-state index contributed by atoms with van der Waals surface area (Å²) in [5.74, 6) is 0.659. The lowest BCUT2D eigenvalue weighted by molar-refractivity contribution is 0.204. The molecule has 1 aliphatic heterocycles. The zero-order chi connectivity index (χ0) is 13.8. The Hall–Kier alpha value is -1.87. The summed E-state index contributed by atoms with van der Waals surface area (Å²) in [6, 6.07) is 12.6. The van der Waals surface area contributed by atoms with Crippen LogP contribution in [-0.4, -0.2) is 23.0 Å². The fourth-order valence-electron chi connectivity index (χ4n) is 2.98.